The maximum absolute atomic E-state index is 12.2. The normalized spacial score (nSPS) is 16.8. The van der Waals surface area contributed by atoms with Crippen molar-refractivity contribution in [2.75, 3.05) is 33.2 Å². The second-order valence-electron chi connectivity index (χ2n) is 5.09. The molecule has 6 heteroatoms. The minimum atomic E-state index is -0.407. The lowest BCUT2D eigenvalue weighted by molar-refractivity contribution is -0.152. The number of thiophene rings is 1. The molecule has 1 aliphatic heterocycles. The number of hydrogen-bond donors (Lipinski definition) is 1. The maximum Gasteiger partial charge on any atom is 0.312 e. The van der Waals surface area contributed by atoms with Gasteiger partial charge >= 0.3 is 11.8 Å². The number of nitrogens with one attached hydrogen (secondary N) is 1. The summed E-state index contributed by atoms with van der Waals surface area (Å²) in [4.78, 5) is 28.8. The van der Waals surface area contributed by atoms with Gasteiger partial charge in [0.2, 0.25) is 0 Å². The molecule has 2 rings (SSSR count). The Labute approximate surface area is 123 Å². The smallest absolute Gasteiger partial charge is 0.312 e. The van der Waals surface area contributed by atoms with Crippen LogP contribution < -0.4 is 5.32 Å². The van der Waals surface area contributed by atoms with E-state index in [1.807, 2.05) is 18.4 Å². The van der Waals surface area contributed by atoms with E-state index in [1.165, 1.54) is 4.88 Å². The predicted molar refractivity (Wildman–Crippen MR) is 79.7 cm³/mol. The van der Waals surface area contributed by atoms with Gasteiger partial charge in [-0.05, 0) is 18.4 Å². The molecule has 1 aromatic heterocycles. The van der Waals surface area contributed by atoms with Gasteiger partial charge in [-0.2, -0.15) is 0 Å². The molecule has 1 aliphatic rings. The van der Waals surface area contributed by atoms with Crippen molar-refractivity contribution in [2.45, 2.75) is 19.4 Å². The van der Waals surface area contributed by atoms with E-state index in [2.05, 4.69) is 11.4 Å². The molecule has 1 saturated heterocycles. The molecule has 1 N–H and O–H groups in total. The van der Waals surface area contributed by atoms with E-state index in [4.69, 9.17) is 0 Å². The number of rotatable bonds is 3. The van der Waals surface area contributed by atoms with Crippen molar-refractivity contribution in [3.8, 4) is 0 Å². The number of hydrogen-bond acceptors (Lipinski definition) is 4. The molecule has 1 atom stereocenters. The summed E-state index contributed by atoms with van der Waals surface area (Å²) < 4.78 is 0. The molecule has 0 bridgehead atoms. The first-order valence-corrected chi connectivity index (χ1v) is 7.76. The molecule has 0 aromatic carbocycles. The van der Waals surface area contributed by atoms with Crippen LogP contribution in [-0.4, -0.2) is 60.9 Å². The van der Waals surface area contributed by atoms with Crippen LogP contribution in [0.1, 0.15) is 11.8 Å². The first-order valence-electron chi connectivity index (χ1n) is 6.88. The van der Waals surface area contributed by atoms with Crippen LogP contribution in [0.15, 0.2) is 17.5 Å². The van der Waals surface area contributed by atoms with Crippen LogP contribution in [0.4, 0.5) is 0 Å². The second kappa shape index (κ2) is 6.85. The van der Waals surface area contributed by atoms with Crippen LogP contribution in [0.3, 0.4) is 0 Å². The zero-order chi connectivity index (χ0) is 14.5. The van der Waals surface area contributed by atoms with Gasteiger partial charge in [-0.25, -0.2) is 0 Å². The van der Waals surface area contributed by atoms with Crippen LogP contribution in [0.25, 0.3) is 0 Å². The number of nitrogens with zero attached hydrogens (tertiary/aromatic N) is 2. The molecule has 0 radical (unpaired) electrons. The Morgan fingerprint density at radius 1 is 1.45 bits per heavy atom. The molecule has 20 heavy (non-hydrogen) atoms. The highest BCUT2D eigenvalue weighted by Crippen LogP contribution is 2.14. The topological polar surface area (TPSA) is 52.7 Å². The summed E-state index contributed by atoms with van der Waals surface area (Å²) in [6.45, 7) is 4.71. The van der Waals surface area contributed by atoms with Crippen LogP contribution in [0, 0.1) is 0 Å². The molecule has 2 amide bonds. The standard InChI is InChI=1S/C14H21N3O2S/c1-11(10-12-4-3-9-20-12)16(2)13(18)14(19)17-7-5-15-6-8-17/h3-4,9,11,15H,5-8,10H2,1-2H3. The average molecular weight is 295 g/mol. The van der Waals surface area contributed by atoms with E-state index in [0.29, 0.717) is 13.1 Å². The van der Waals surface area contributed by atoms with E-state index >= 15 is 0 Å². The van der Waals surface area contributed by atoms with E-state index in [1.54, 1.807) is 28.2 Å². The fourth-order valence-corrected chi connectivity index (χ4v) is 3.04. The number of piperazine rings is 1. The highest BCUT2D eigenvalue weighted by Gasteiger charge is 2.28. The van der Waals surface area contributed by atoms with Gasteiger partial charge in [0, 0.05) is 50.6 Å². The molecule has 110 valence electrons. The van der Waals surface area contributed by atoms with Gasteiger partial charge < -0.3 is 15.1 Å². The van der Waals surface area contributed by atoms with Gasteiger partial charge in [-0.15, -0.1) is 11.3 Å². The summed E-state index contributed by atoms with van der Waals surface area (Å²) in [5, 5.41) is 5.20. The van der Waals surface area contributed by atoms with E-state index in [0.717, 1.165) is 19.5 Å². The van der Waals surface area contributed by atoms with Gasteiger partial charge in [-0.1, -0.05) is 6.07 Å². The fourth-order valence-electron chi connectivity index (χ4n) is 2.21. The third kappa shape index (κ3) is 3.58. The van der Waals surface area contributed by atoms with Crippen LogP contribution in [0.5, 0.6) is 0 Å². The van der Waals surface area contributed by atoms with Gasteiger partial charge in [0.1, 0.15) is 0 Å². The van der Waals surface area contributed by atoms with Crippen LogP contribution in [0.2, 0.25) is 0 Å². The second-order valence-corrected chi connectivity index (χ2v) is 6.12. The number of likely N-dealkylation sites (N-methyl/N-ethyl adjacent to an activating group) is 1. The Morgan fingerprint density at radius 2 is 2.15 bits per heavy atom. The molecule has 5 nitrogen and oxygen atoms in total. The lowest BCUT2D eigenvalue weighted by atomic mass is 10.2. The van der Waals surface area contributed by atoms with Crippen LogP contribution in [-0.2, 0) is 16.0 Å². The average Bonchev–Trinajstić information content (AvgIpc) is 2.98. The summed E-state index contributed by atoms with van der Waals surface area (Å²) in [7, 11) is 1.71. The molecule has 1 fully saturated rings. The zero-order valence-corrected chi connectivity index (χ0v) is 12.8. The highest BCUT2D eigenvalue weighted by atomic mass is 32.1. The SMILES string of the molecule is CC(Cc1cccs1)N(C)C(=O)C(=O)N1CCNCC1. The molecule has 1 aromatic rings. The van der Waals surface area contributed by atoms with Crippen molar-refractivity contribution in [1.29, 1.82) is 0 Å². The minimum absolute atomic E-state index is 0.0213. The van der Waals surface area contributed by atoms with Gasteiger partial charge in [0.05, 0.1) is 0 Å². The lowest BCUT2D eigenvalue weighted by Gasteiger charge is -2.30. The third-order valence-corrected chi connectivity index (χ3v) is 4.54. The summed E-state index contributed by atoms with van der Waals surface area (Å²) >= 11 is 1.68. The van der Waals surface area contributed by atoms with Crippen LogP contribution >= 0.6 is 11.3 Å². The van der Waals surface area contributed by atoms with E-state index in [9.17, 15) is 9.59 Å². The maximum atomic E-state index is 12.2. The monoisotopic (exact) mass is 295 g/mol. The molecular weight excluding hydrogens is 274 g/mol. The van der Waals surface area contributed by atoms with Crippen molar-refractivity contribution in [1.82, 2.24) is 15.1 Å². The molecule has 0 saturated carbocycles. The first kappa shape index (κ1) is 15.0. The van der Waals surface area contributed by atoms with Gasteiger partial charge in [-0.3, -0.25) is 9.59 Å². The Morgan fingerprint density at radius 3 is 2.75 bits per heavy atom. The van der Waals surface area contributed by atoms with Crippen molar-refractivity contribution >= 4 is 23.2 Å². The molecule has 0 aliphatic carbocycles. The number of carbonyl (C=O) groups excluding carboxylic acids is 2. The lowest BCUT2D eigenvalue weighted by Crippen LogP contribution is -2.52. The Bertz CT molecular complexity index is 455. The van der Waals surface area contributed by atoms with Crippen molar-refractivity contribution in [3.05, 3.63) is 22.4 Å². The largest absolute Gasteiger partial charge is 0.334 e. The van der Waals surface area contributed by atoms with Gasteiger partial charge in [0.15, 0.2) is 0 Å². The summed E-state index contributed by atoms with van der Waals surface area (Å²) in [6, 6.07) is 4.07. The third-order valence-electron chi connectivity index (χ3n) is 3.65. The van der Waals surface area contributed by atoms with E-state index < -0.39 is 5.91 Å². The number of amides is 2. The quantitative estimate of drug-likeness (QED) is 0.830. The molecule has 1 unspecified atom stereocenters. The predicted octanol–water partition coefficient (Wildman–Crippen LogP) is 0.569. The Kier molecular flexibility index (Phi) is 5.14. The summed E-state index contributed by atoms with van der Waals surface area (Å²) in [5.41, 5.74) is 0. The first-order chi connectivity index (χ1) is 9.59. The fraction of sp³-hybridized carbons (Fsp3) is 0.571. The molecule has 2 heterocycles. The number of carbonyl (C=O) groups is 2. The van der Waals surface area contributed by atoms with Crippen molar-refractivity contribution in [3.63, 3.8) is 0 Å². The van der Waals surface area contributed by atoms with Gasteiger partial charge in [0.25, 0.3) is 0 Å². The highest BCUT2D eigenvalue weighted by molar-refractivity contribution is 7.09. The zero-order valence-electron chi connectivity index (χ0n) is 12.0. The van der Waals surface area contributed by atoms with Crippen molar-refractivity contribution < 1.29 is 9.59 Å². The Hall–Kier alpha value is -1.40. The summed E-state index contributed by atoms with van der Waals surface area (Å²) in [5.74, 6) is -0.789. The summed E-state index contributed by atoms with van der Waals surface area (Å²) in [6.07, 6.45) is 0.786. The molecular formula is C14H21N3O2S. The van der Waals surface area contributed by atoms with Crippen molar-refractivity contribution in [2.24, 2.45) is 0 Å². The van der Waals surface area contributed by atoms with E-state index in [-0.39, 0.29) is 11.9 Å². The minimum Gasteiger partial charge on any atom is -0.334 e. The Balaban J connectivity index is 1.91. The molecule has 0 spiro atoms.